The van der Waals surface area contributed by atoms with Crippen molar-refractivity contribution in [2.45, 2.75) is 50.4 Å². The number of aryl methyl sites for hydroxylation is 1. The van der Waals surface area contributed by atoms with E-state index in [-0.39, 0.29) is 23.2 Å². The highest BCUT2D eigenvalue weighted by molar-refractivity contribution is 5.91. The van der Waals surface area contributed by atoms with Gasteiger partial charge in [0.2, 0.25) is 0 Å². The molecule has 5 nitrogen and oxygen atoms in total. The van der Waals surface area contributed by atoms with Crippen LogP contribution in [-0.4, -0.2) is 32.0 Å². The maximum Gasteiger partial charge on any atom is 0.419 e. The highest BCUT2D eigenvalue weighted by Crippen LogP contribution is 2.55. The second kappa shape index (κ2) is 7.33. The minimum atomic E-state index is -4.97. The number of fused-ring (bicyclic) bond motifs is 2. The summed E-state index contributed by atoms with van der Waals surface area (Å²) in [6.07, 6.45) is -4.00. The van der Waals surface area contributed by atoms with Crippen LogP contribution in [0, 0.1) is 12.7 Å². The zero-order chi connectivity index (χ0) is 22.6. The molecule has 0 spiro atoms. The molecule has 0 aliphatic heterocycles. The van der Waals surface area contributed by atoms with Gasteiger partial charge in [-0.25, -0.2) is 14.4 Å². The molecule has 164 valence electrons. The number of phenolic OH excluding ortho intramolecular Hbond substituents is 1. The summed E-state index contributed by atoms with van der Waals surface area (Å²) in [5.74, 6) is -1.96. The van der Waals surface area contributed by atoms with Gasteiger partial charge in [0.15, 0.2) is 17.2 Å². The van der Waals surface area contributed by atoms with Crippen molar-refractivity contribution in [3.05, 3.63) is 59.3 Å². The van der Waals surface area contributed by atoms with Crippen LogP contribution in [0.5, 0.6) is 5.75 Å². The van der Waals surface area contributed by atoms with Crippen LogP contribution in [-0.2, 0) is 0 Å². The van der Waals surface area contributed by atoms with Crippen molar-refractivity contribution in [2.24, 2.45) is 0 Å². The highest BCUT2D eigenvalue weighted by atomic mass is 19.4. The summed E-state index contributed by atoms with van der Waals surface area (Å²) in [7, 11) is 0. The number of aromatic nitrogens is 2. The normalized spacial score (nSPS) is 23.6. The molecule has 0 saturated heterocycles. The standard InChI is InChI=1S/C22H21F4N3O2/c1-3-12-9-21(31,22(24,25)26)20(13-7-8-15(23)19(30)18(12)13)29-17-6-4-5-16-14(17)10-27-11(2)28-16/h4-8,10,12,20,29-31H,3,9H2,1-2H3/t12?,20?,21-/m1/s1. The molecule has 0 bridgehead atoms. The van der Waals surface area contributed by atoms with Gasteiger partial charge in [-0.1, -0.05) is 19.1 Å². The van der Waals surface area contributed by atoms with E-state index < -0.39 is 41.7 Å². The van der Waals surface area contributed by atoms with Crippen LogP contribution < -0.4 is 5.32 Å². The fraction of sp³-hybridized carbons (Fsp3) is 0.364. The number of anilines is 1. The van der Waals surface area contributed by atoms with Gasteiger partial charge in [-0.2, -0.15) is 13.2 Å². The number of aromatic hydroxyl groups is 1. The third-order valence-corrected chi connectivity index (χ3v) is 5.99. The lowest BCUT2D eigenvalue weighted by atomic mass is 9.69. The number of nitrogens with zero attached hydrogens (tertiary/aromatic N) is 2. The Hall–Kier alpha value is -2.94. The van der Waals surface area contributed by atoms with Gasteiger partial charge in [0, 0.05) is 22.8 Å². The molecule has 0 fully saturated rings. The number of benzene rings is 2. The van der Waals surface area contributed by atoms with Crippen molar-refractivity contribution in [3.63, 3.8) is 0 Å². The molecule has 1 aromatic heterocycles. The predicted molar refractivity (Wildman–Crippen MR) is 107 cm³/mol. The molecule has 3 atom stereocenters. The van der Waals surface area contributed by atoms with E-state index in [9.17, 15) is 27.8 Å². The van der Waals surface area contributed by atoms with Gasteiger partial charge in [-0.3, -0.25) is 0 Å². The molecule has 0 amide bonds. The molecule has 0 saturated carbocycles. The maximum atomic E-state index is 14.2. The van der Waals surface area contributed by atoms with E-state index in [0.29, 0.717) is 16.7 Å². The van der Waals surface area contributed by atoms with E-state index in [1.165, 1.54) is 12.3 Å². The van der Waals surface area contributed by atoms with Gasteiger partial charge < -0.3 is 15.5 Å². The summed E-state index contributed by atoms with van der Waals surface area (Å²) in [5, 5.41) is 24.6. The predicted octanol–water partition coefficient (Wildman–Crippen LogP) is 5.13. The van der Waals surface area contributed by atoms with Crippen LogP contribution in [0.15, 0.2) is 36.5 Å². The average molecular weight is 435 g/mol. The summed E-state index contributed by atoms with van der Waals surface area (Å²) < 4.78 is 56.6. The maximum absolute atomic E-state index is 14.2. The molecule has 2 unspecified atom stereocenters. The van der Waals surface area contributed by atoms with Gasteiger partial charge in [0.1, 0.15) is 5.82 Å². The number of hydrogen-bond donors (Lipinski definition) is 3. The smallest absolute Gasteiger partial charge is 0.419 e. The van der Waals surface area contributed by atoms with Crippen LogP contribution in [0.25, 0.3) is 10.9 Å². The lowest BCUT2D eigenvalue weighted by Gasteiger charge is -2.45. The fourth-order valence-electron chi connectivity index (χ4n) is 4.38. The molecule has 3 N–H and O–H groups in total. The van der Waals surface area contributed by atoms with Crippen molar-refractivity contribution >= 4 is 16.6 Å². The molecule has 1 aliphatic carbocycles. The third kappa shape index (κ3) is 3.37. The van der Waals surface area contributed by atoms with Crippen LogP contribution in [0.1, 0.15) is 48.7 Å². The molecular formula is C22H21F4N3O2. The number of rotatable bonds is 3. The Balaban J connectivity index is 1.93. The van der Waals surface area contributed by atoms with E-state index in [1.54, 1.807) is 32.0 Å². The Morgan fingerprint density at radius 2 is 1.97 bits per heavy atom. The lowest BCUT2D eigenvalue weighted by molar-refractivity contribution is -0.272. The Bertz CT molecular complexity index is 1150. The number of nitrogens with one attached hydrogen (secondary N) is 1. The monoisotopic (exact) mass is 435 g/mol. The summed E-state index contributed by atoms with van der Waals surface area (Å²) in [6, 6.07) is 5.31. The lowest BCUT2D eigenvalue weighted by Crippen LogP contribution is -2.55. The Morgan fingerprint density at radius 3 is 2.65 bits per heavy atom. The van der Waals surface area contributed by atoms with E-state index in [1.807, 2.05) is 0 Å². The van der Waals surface area contributed by atoms with Crippen molar-refractivity contribution in [2.75, 3.05) is 5.32 Å². The van der Waals surface area contributed by atoms with Gasteiger partial charge in [-0.05, 0) is 49.4 Å². The molecule has 1 aliphatic rings. The molecule has 1 heterocycles. The third-order valence-electron chi connectivity index (χ3n) is 5.99. The van der Waals surface area contributed by atoms with Crippen molar-refractivity contribution in [1.82, 2.24) is 9.97 Å². The molecule has 0 radical (unpaired) electrons. The quantitative estimate of drug-likeness (QED) is 0.498. The molecule has 9 heteroatoms. The molecule has 3 aromatic rings. The van der Waals surface area contributed by atoms with Crippen LogP contribution >= 0.6 is 0 Å². The fourth-order valence-corrected chi connectivity index (χ4v) is 4.38. The Labute approximate surface area is 175 Å². The Morgan fingerprint density at radius 1 is 1.23 bits per heavy atom. The first kappa shape index (κ1) is 21.3. The van der Waals surface area contributed by atoms with Crippen molar-refractivity contribution in [1.29, 1.82) is 0 Å². The summed E-state index contributed by atoms with van der Waals surface area (Å²) >= 11 is 0. The first-order chi connectivity index (χ1) is 14.6. The Kier molecular flexibility index (Phi) is 5.04. The van der Waals surface area contributed by atoms with E-state index in [0.717, 1.165) is 6.07 Å². The number of phenols is 1. The largest absolute Gasteiger partial charge is 0.505 e. The summed E-state index contributed by atoms with van der Waals surface area (Å²) in [6.45, 7) is 3.33. The molecular weight excluding hydrogens is 414 g/mol. The first-order valence-electron chi connectivity index (χ1n) is 9.86. The number of halogens is 4. The second-order valence-electron chi connectivity index (χ2n) is 7.86. The average Bonchev–Trinajstić information content (AvgIpc) is 2.71. The second-order valence-corrected chi connectivity index (χ2v) is 7.86. The SMILES string of the molecule is CCC1C[C@](O)(C(F)(F)F)C(Nc2cccc3nc(C)ncc23)c2ccc(F)c(O)c21. The number of hydrogen-bond acceptors (Lipinski definition) is 5. The van der Waals surface area contributed by atoms with E-state index in [4.69, 9.17) is 0 Å². The van der Waals surface area contributed by atoms with Gasteiger partial charge >= 0.3 is 6.18 Å². The topological polar surface area (TPSA) is 78.3 Å². The zero-order valence-electron chi connectivity index (χ0n) is 16.8. The minimum Gasteiger partial charge on any atom is -0.505 e. The molecule has 4 rings (SSSR count). The zero-order valence-corrected chi connectivity index (χ0v) is 16.8. The van der Waals surface area contributed by atoms with Gasteiger partial charge in [0.25, 0.3) is 0 Å². The van der Waals surface area contributed by atoms with Gasteiger partial charge in [-0.15, -0.1) is 0 Å². The van der Waals surface area contributed by atoms with Crippen LogP contribution in [0.3, 0.4) is 0 Å². The van der Waals surface area contributed by atoms with Crippen molar-refractivity contribution in [3.8, 4) is 5.75 Å². The summed E-state index contributed by atoms with van der Waals surface area (Å²) in [4.78, 5) is 8.40. The van der Waals surface area contributed by atoms with Gasteiger partial charge in [0.05, 0.1) is 11.6 Å². The van der Waals surface area contributed by atoms with Crippen molar-refractivity contribution < 1.29 is 27.8 Å². The number of alkyl halides is 3. The summed E-state index contributed by atoms with van der Waals surface area (Å²) in [5.41, 5.74) is -2.24. The number of aliphatic hydroxyl groups is 1. The van der Waals surface area contributed by atoms with Crippen LogP contribution in [0.4, 0.5) is 23.2 Å². The molecule has 31 heavy (non-hydrogen) atoms. The van der Waals surface area contributed by atoms with E-state index >= 15 is 0 Å². The van der Waals surface area contributed by atoms with E-state index in [2.05, 4.69) is 15.3 Å². The first-order valence-corrected chi connectivity index (χ1v) is 9.86. The molecule has 2 aromatic carbocycles. The van der Waals surface area contributed by atoms with Crippen LogP contribution in [0.2, 0.25) is 0 Å². The minimum absolute atomic E-state index is 0.00172. The highest BCUT2D eigenvalue weighted by Gasteiger charge is 2.62.